The molecule has 1 atom stereocenters. The van der Waals surface area contributed by atoms with Crippen LogP contribution in [0.3, 0.4) is 0 Å². The van der Waals surface area contributed by atoms with Crippen LogP contribution < -0.4 is 5.32 Å². The van der Waals surface area contributed by atoms with E-state index in [1.165, 1.54) is 24.3 Å². The van der Waals surface area contributed by atoms with Crippen molar-refractivity contribution in [1.82, 2.24) is 0 Å². The van der Waals surface area contributed by atoms with Crippen molar-refractivity contribution in [2.75, 3.05) is 5.32 Å². The highest BCUT2D eigenvalue weighted by atomic mass is 35.5. The van der Waals surface area contributed by atoms with E-state index in [1.807, 2.05) is 0 Å². The van der Waals surface area contributed by atoms with E-state index in [4.69, 9.17) is 11.6 Å². The molecule has 0 aliphatic carbocycles. The molecule has 2 aromatic carbocycles. The Balaban J connectivity index is 2.24. The van der Waals surface area contributed by atoms with Crippen molar-refractivity contribution in [3.63, 3.8) is 0 Å². The van der Waals surface area contributed by atoms with Gasteiger partial charge in [-0.3, -0.25) is 0 Å². The molecule has 0 saturated heterocycles. The van der Waals surface area contributed by atoms with Crippen LogP contribution in [0, 0.1) is 0 Å². The van der Waals surface area contributed by atoms with Crippen LogP contribution in [-0.4, -0.2) is 11.1 Å². The highest BCUT2D eigenvalue weighted by molar-refractivity contribution is 6.30. The Hall–Kier alpha value is -2.14. The van der Waals surface area contributed by atoms with Gasteiger partial charge >= 0.3 is 5.97 Å². The number of hydrogen-bond acceptors (Lipinski definition) is 2. The van der Waals surface area contributed by atoms with Gasteiger partial charge in [-0.15, -0.1) is 0 Å². The predicted molar refractivity (Wildman–Crippen MR) is 76.9 cm³/mol. The molecular formula is C15H12ClF2NO2. The summed E-state index contributed by atoms with van der Waals surface area (Å²) < 4.78 is 25.0. The van der Waals surface area contributed by atoms with Crippen LogP contribution >= 0.6 is 11.6 Å². The predicted octanol–water partition coefficient (Wildman–Crippen LogP) is 4.52. The summed E-state index contributed by atoms with van der Waals surface area (Å²) in [6.07, 6.45) is -2.58. The molecule has 2 aromatic rings. The topological polar surface area (TPSA) is 49.3 Å². The maximum atomic E-state index is 12.5. The molecule has 0 aliphatic heterocycles. The summed E-state index contributed by atoms with van der Waals surface area (Å²) in [6.45, 7) is 0. The van der Waals surface area contributed by atoms with Crippen LogP contribution in [0.25, 0.3) is 0 Å². The first-order valence-electron chi connectivity index (χ1n) is 6.10. The monoisotopic (exact) mass is 311 g/mol. The molecule has 2 rings (SSSR count). The van der Waals surface area contributed by atoms with Gasteiger partial charge in [-0.25, -0.2) is 13.6 Å². The average molecular weight is 312 g/mol. The molecule has 0 bridgehead atoms. The largest absolute Gasteiger partial charge is 0.479 e. The van der Waals surface area contributed by atoms with E-state index < -0.39 is 18.4 Å². The number of hydrogen-bond donors (Lipinski definition) is 2. The van der Waals surface area contributed by atoms with Gasteiger partial charge in [0.2, 0.25) is 0 Å². The van der Waals surface area contributed by atoms with Gasteiger partial charge in [-0.05, 0) is 23.8 Å². The molecule has 110 valence electrons. The van der Waals surface area contributed by atoms with Crippen molar-refractivity contribution in [2.45, 2.75) is 12.5 Å². The van der Waals surface area contributed by atoms with Crippen LogP contribution in [0.15, 0.2) is 48.5 Å². The second-order valence-electron chi connectivity index (χ2n) is 4.39. The third-order valence-electron chi connectivity index (χ3n) is 2.90. The standard InChI is InChI=1S/C15H12ClF2NO2/c16-11-2-1-3-12(8-11)19-13(15(20)21)9-4-6-10(7-5-9)14(17)18/h1-8,13-14,19H,(H,20,21). The lowest BCUT2D eigenvalue weighted by molar-refractivity contribution is -0.138. The third kappa shape index (κ3) is 3.92. The van der Waals surface area contributed by atoms with E-state index in [2.05, 4.69) is 5.32 Å². The maximum absolute atomic E-state index is 12.5. The number of carboxylic acid groups (broad SMARTS) is 1. The van der Waals surface area contributed by atoms with E-state index in [1.54, 1.807) is 24.3 Å². The van der Waals surface area contributed by atoms with Gasteiger partial charge in [-0.2, -0.15) is 0 Å². The Morgan fingerprint density at radius 2 is 1.71 bits per heavy atom. The molecule has 21 heavy (non-hydrogen) atoms. The smallest absolute Gasteiger partial charge is 0.330 e. The van der Waals surface area contributed by atoms with E-state index in [-0.39, 0.29) is 5.56 Å². The molecular weight excluding hydrogens is 300 g/mol. The highest BCUT2D eigenvalue weighted by Crippen LogP contribution is 2.25. The second-order valence-corrected chi connectivity index (χ2v) is 4.83. The fourth-order valence-electron chi connectivity index (χ4n) is 1.87. The lowest BCUT2D eigenvalue weighted by Gasteiger charge is -2.16. The van der Waals surface area contributed by atoms with Gasteiger partial charge in [0.15, 0.2) is 6.04 Å². The first kappa shape index (κ1) is 15.3. The normalized spacial score (nSPS) is 12.2. The number of aliphatic carboxylic acids is 1. The summed E-state index contributed by atoms with van der Waals surface area (Å²) in [5.41, 5.74) is 0.769. The molecule has 2 N–H and O–H groups in total. The molecule has 0 fully saturated rings. The summed E-state index contributed by atoms with van der Waals surface area (Å²) in [4.78, 5) is 11.4. The molecule has 0 saturated carbocycles. The van der Waals surface area contributed by atoms with E-state index in [0.29, 0.717) is 16.3 Å². The van der Waals surface area contributed by atoms with Gasteiger partial charge < -0.3 is 10.4 Å². The molecule has 0 heterocycles. The van der Waals surface area contributed by atoms with Gasteiger partial charge in [0.1, 0.15) is 0 Å². The van der Waals surface area contributed by atoms with Crippen molar-refractivity contribution in [1.29, 1.82) is 0 Å². The zero-order valence-electron chi connectivity index (χ0n) is 10.8. The van der Waals surface area contributed by atoms with Crippen LogP contribution in [-0.2, 0) is 4.79 Å². The third-order valence-corrected chi connectivity index (χ3v) is 3.14. The Bertz CT molecular complexity index is 632. The van der Waals surface area contributed by atoms with E-state index in [0.717, 1.165) is 0 Å². The molecule has 6 heteroatoms. The minimum absolute atomic E-state index is 0.148. The first-order valence-corrected chi connectivity index (χ1v) is 6.48. The Kier molecular flexibility index (Phi) is 4.75. The van der Waals surface area contributed by atoms with Crippen LogP contribution in [0.4, 0.5) is 14.5 Å². The minimum Gasteiger partial charge on any atom is -0.479 e. The summed E-state index contributed by atoms with van der Waals surface area (Å²) in [5.74, 6) is -1.11. The Morgan fingerprint density at radius 3 is 2.24 bits per heavy atom. The molecule has 3 nitrogen and oxygen atoms in total. The molecule has 1 unspecified atom stereocenters. The molecule has 0 amide bonds. The fourth-order valence-corrected chi connectivity index (χ4v) is 2.06. The summed E-state index contributed by atoms with van der Waals surface area (Å²) in [7, 11) is 0. The number of carboxylic acids is 1. The van der Waals surface area contributed by atoms with Crippen molar-refractivity contribution >= 4 is 23.3 Å². The number of halogens is 3. The van der Waals surface area contributed by atoms with Gasteiger partial charge in [0.25, 0.3) is 6.43 Å². The van der Waals surface area contributed by atoms with Crippen molar-refractivity contribution in [3.8, 4) is 0 Å². The highest BCUT2D eigenvalue weighted by Gasteiger charge is 2.20. The minimum atomic E-state index is -2.58. The zero-order chi connectivity index (χ0) is 15.4. The Morgan fingerprint density at radius 1 is 1.10 bits per heavy atom. The second kappa shape index (κ2) is 6.54. The van der Waals surface area contributed by atoms with Gasteiger partial charge in [0, 0.05) is 16.3 Å². The first-order chi connectivity index (χ1) is 9.97. The number of carbonyl (C=O) groups is 1. The lowest BCUT2D eigenvalue weighted by atomic mass is 10.0. The van der Waals surface area contributed by atoms with Crippen LogP contribution in [0.2, 0.25) is 5.02 Å². The SMILES string of the molecule is O=C(O)C(Nc1cccc(Cl)c1)c1ccc(C(F)F)cc1. The number of anilines is 1. The molecule has 0 spiro atoms. The summed E-state index contributed by atoms with van der Waals surface area (Å²) in [5, 5.41) is 12.6. The fraction of sp³-hybridized carbons (Fsp3) is 0.133. The van der Waals surface area contributed by atoms with Crippen LogP contribution in [0.1, 0.15) is 23.6 Å². The number of nitrogens with one attached hydrogen (secondary N) is 1. The van der Waals surface area contributed by atoms with Gasteiger partial charge in [0.05, 0.1) is 0 Å². The lowest BCUT2D eigenvalue weighted by Crippen LogP contribution is -2.20. The van der Waals surface area contributed by atoms with Crippen molar-refractivity contribution in [3.05, 3.63) is 64.7 Å². The average Bonchev–Trinajstić information content (AvgIpc) is 2.44. The van der Waals surface area contributed by atoms with Crippen LogP contribution in [0.5, 0.6) is 0 Å². The molecule has 0 radical (unpaired) electrons. The molecule has 0 aliphatic rings. The quantitative estimate of drug-likeness (QED) is 0.853. The maximum Gasteiger partial charge on any atom is 0.330 e. The summed E-state index contributed by atoms with van der Waals surface area (Å²) >= 11 is 5.84. The van der Waals surface area contributed by atoms with Crippen molar-refractivity contribution in [2.24, 2.45) is 0 Å². The molecule has 0 aromatic heterocycles. The van der Waals surface area contributed by atoms with E-state index >= 15 is 0 Å². The van der Waals surface area contributed by atoms with Gasteiger partial charge in [-0.1, -0.05) is 41.9 Å². The van der Waals surface area contributed by atoms with Crippen molar-refractivity contribution < 1.29 is 18.7 Å². The Labute approximate surface area is 125 Å². The summed E-state index contributed by atoms with van der Waals surface area (Å²) in [6, 6.07) is 10.8. The van der Waals surface area contributed by atoms with E-state index in [9.17, 15) is 18.7 Å². The zero-order valence-corrected chi connectivity index (χ0v) is 11.5. The number of alkyl halides is 2. The number of benzene rings is 2. The number of rotatable bonds is 5.